The van der Waals surface area contributed by atoms with Gasteiger partial charge in [-0.05, 0) is 12.8 Å². The summed E-state index contributed by atoms with van der Waals surface area (Å²) >= 11 is 0. The third kappa shape index (κ3) is 6.85. The normalized spacial score (nSPS) is 21.8. The number of rotatable bonds is 11. The molecule has 1 heterocycles. The maximum Gasteiger partial charge on any atom is 0.232 e. The van der Waals surface area contributed by atoms with E-state index in [-0.39, 0.29) is 68.5 Å². The van der Waals surface area contributed by atoms with Crippen molar-refractivity contribution >= 4 is 31.2 Å². The van der Waals surface area contributed by atoms with Gasteiger partial charge in [0.1, 0.15) is 13.1 Å². The summed E-state index contributed by atoms with van der Waals surface area (Å²) in [4.78, 5) is 46.4. The highest BCUT2D eigenvalue weighted by Crippen LogP contribution is 2.36. The average Bonchev–Trinajstić information content (AvgIpc) is 2.78. The van der Waals surface area contributed by atoms with Crippen molar-refractivity contribution in [1.29, 1.82) is 0 Å². The fourth-order valence-electron chi connectivity index (χ4n) is 2.53. The summed E-state index contributed by atoms with van der Waals surface area (Å²) < 4.78 is 5.19. The van der Waals surface area contributed by atoms with Crippen LogP contribution in [-0.4, -0.2) is 65.2 Å². The van der Waals surface area contributed by atoms with Crippen molar-refractivity contribution < 1.29 is 28.9 Å². The second kappa shape index (κ2) is 9.47. The summed E-state index contributed by atoms with van der Waals surface area (Å²) in [6.45, 7) is 3.50. The smallest absolute Gasteiger partial charge is 0.232 e. The van der Waals surface area contributed by atoms with Gasteiger partial charge < -0.3 is 14.5 Å². The summed E-state index contributed by atoms with van der Waals surface area (Å²) in [5.74, 6) is -0.948. The molecule has 0 bridgehead atoms. The number of hydrogen-bond donors (Lipinski definition) is 2. The molecular weight excluding hydrogens is 333 g/mol. The van der Waals surface area contributed by atoms with E-state index in [2.05, 4.69) is 6.30 Å². The fraction of sp³-hybridized carbons (Fsp3) is 0.750. The highest BCUT2D eigenvalue weighted by Gasteiger charge is 2.37. The lowest BCUT2D eigenvalue weighted by atomic mass is 10.0. The van der Waals surface area contributed by atoms with Gasteiger partial charge in [-0.15, -0.1) is 0 Å². The number of aliphatic hydroxyl groups is 1. The zero-order valence-electron chi connectivity index (χ0n) is 14.4. The van der Waals surface area contributed by atoms with E-state index in [1.54, 1.807) is 0 Å². The largest absolute Gasteiger partial charge is 0.396 e. The Morgan fingerprint density at radius 1 is 1.46 bits per heavy atom. The van der Waals surface area contributed by atoms with Gasteiger partial charge in [0.15, 0.2) is 0 Å². The number of carbonyl (C=O) groups is 3. The van der Waals surface area contributed by atoms with E-state index in [0.29, 0.717) is 12.8 Å². The summed E-state index contributed by atoms with van der Waals surface area (Å²) in [5, 5.41) is 9.29. The van der Waals surface area contributed by atoms with Gasteiger partial charge in [0.25, 0.3) is 0 Å². The first kappa shape index (κ1) is 21.0. The number of hydrogen-bond acceptors (Lipinski definition) is 6. The monoisotopic (exact) mass is 361 g/mol. The number of carbonyl (C=O) groups excluding carboxylic acids is 3. The van der Waals surface area contributed by atoms with Gasteiger partial charge in [0.2, 0.25) is 11.8 Å². The molecule has 2 amide bonds. The topological polar surface area (TPSA) is 104 Å². The van der Waals surface area contributed by atoms with Gasteiger partial charge in [-0.2, -0.15) is 0 Å². The molecule has 1 saturated heterocycles. The molecule has 0 aromatic carbocycles. The van der Waals surface area contributed by atoms with Crippen LogP contribution in [0.4, 0.5) is 0 Å². The van der Waals surface area contributed by atoms with E-state index in [0.717, 1.165) is 0 Å². The molecule has 1 rings (SSSR count). The number of aliphatic hydroxyl groups excluding tert-OH is 1. The summed E-state index contributed by atoms with van der Waals surface area (Å²) in [6.07, 6.45) is 5.16. The van der Waals surface area contributed by atoms with Crippen molar-refractivity contribution in [1.82, 2.24) is 4.90 Å². The number of ketones is 1. The van der Waals surface area contributed by atoms with Crippen LogP contribution in [-0.2, 0) is 18.9 Å². The zero-order chi connectivity index (χ0) is 18.3. The first-order valence-electron chi connectivity index (χ1n) is 8.22. The van der Waals surface area contributed by atoms with Crippen molar-refractivity contribution in [2.75, 3.05) is 26.4 Å². The van der Waals surface area contributed by atoms with Crippen LogP contribution >= 0.6 is 7.34 Å². The Balaban J connectivity index is 2.34. The Hall–Kier alpha value is -1.01. The molecule has 3 unspecified atom stereocenters. The van der Waals surface area contributed by atoms with Crippen LogP contribution in [0.1, 0.15) is 39.0 Å². The molecule has 1 aliphatic rings. The molecule has 8 heteroatoms. The molecule has 0 aromatic rings. The van der Waals surface area contributed by atoms with Crippen molar-refractivity contribution in [3.63, 3.8) is 0 Å². The zero-order valence-corrected chi connectivity index (χ0v) is 15.3. The van der Waals surface area contributed by atoms with Gasteiger partial charge in [-0.25, -0.2) is 0 Å². The van der Waals surface area contributed by atoms with E-state index in [1.807, 2.05) is 6.92 Å². The number of likely N-dealkylation sites (tertiary alicyclic amines) is 1. The van der Waals surface area contributed by atoms with Gasteiger partial charge in [0, 0.05) is 50.9 Å². The Morgan fingerprint density at radius 3 is 2.62 bits per heavy atom. The van der Waals surface area contributed by atoms with Gasteiger partial charge in [0.05, 0.1) is 6.61 Å². The number of amides is 2. The first-order valence-corrected chi connectivity index (χ1v) is 10.5. The Kier molecular flexibility index (Phi) is 8.30. The molecule has 0 saturated carbocycles. The summed E-state index contributed by atoms with van der Waals surface area (Å²) in [6, 6.07) is 0. The maximum atomic E-state index is 12.0. The van der Waals surface area contributed by atoms with Crippen molar-refractivity contribution in [2.24, 2.45) is 11.8 Å². The second-order valence-corrected chi connectivity index (χ2v) is 8.78. The third-order valence-corrected chi connectivity index (χ3v) is 4.83. The summed E-state index contributed by atoms with van der Waals surface area (Å²) in [7, 11) is -2.61. The molecule has 138 valence electrons. The Bertz CT molecular complexity index is 515. The van der Waals surface area contributed by atoms with E-state index in [9.17, 15) is 24.4 Å². The van der Waals surface area contributed by atoms with Crippen molar-refractivity contribution in [3.8, 4) is 0 Å². The number of Topliss-reactive ketones (excluding diaryl/α,β-unsaturated/α-hetero) is 1. The molecule has 0 aromatic heterocycles. The lowest BCUT2D eigenvalue weighted by molar-refractivity contribution is -0.139. The molecule has 0 aliphatic carbocycles. The minimum atomic E-state index is -2.61. The van der Waals surface area contributed by atoms with Crippen LogP contribution in [0, 0.1) is 11.8 Å². The predicted octanol–water partition coefficient (Wildman–Crippen LogP) is 1.04. The lowest BCUT2D eigenvalue weighted by Crippen LogP contribution is -2.32. The lowest BCUT2D eigenvalue weighted by Gasteiger charge is -2.18. The quantitative estimate of drug-likeness (QED) is 0.421. The summed E-state index contributed by atoms with van der Waals surface area (Å²) in [5.41, 5.74) is 0. The van der Waals surface area contributed by atoms with Crippen molar-refractivity contribution in [3.05, 3.63) is 0 Å². The van der Waals surface area contributed by atoms with E-state index >= 15 is 0 Å². The highest BCUT2D eigenvalue weighted by atomic mass is 31.2. The highest BCUT2D eigenvalue weighted by molar-refractivity contribution is 7.62. The first-order chi connectivity index (χ1) is 11.2. The molecule has 2 N–H and O–H groups in total. The molecule has 3 atom stereocenters. The molecule has 1 aliphatic heterocycles. The molecule has 24 heavy (non-hydrogen) atoms. The predicted molar refractivity (Wildman–Crippen MR) is 92.7 cm³/mol. The standard InChI is InChI=1S/C16H28NO6P/c1-4-13-9-15(20)17(16(13)21)8-7-14(19)6-5-12(10-18)11-23-24(2,3)22/h12-13,18,22H,2,4-11H2,1,3H3. The van der Waals surface area contributed by atoms with Crippen LogP contribution in [0.2, 0.25) is 0 Å². The van der Waals surface area contributed by atoms with Crippen LogP contribution < -0.4 is 0 Å². The maximum absolute atomic E-state index is 12.0. The van der Waals surface area contributed by atoms with Crippen LogP contribution in [0.15, 0.2) is 0 Å². The average molecular weight is 361 g/mol. The third-order valence-electron chi connectivity index (χ3n) is 4.12. The van der Waals surface area contributed by atoms with E-state index < -0.39 is 7.34 Å². The Morgan fingerprint density at radius 2 is 2.12 bits per heavy atom. The van der Waals surface area contributed by atoms with Gasteiger partial charge >= 0.3 is 0 Å². The molecule has 1 fully saturated rings. The van der Waals surface area contributed by atoms with Crippen LogP contribution in [0.25, 0.3) is 0 Å². The SMILES string of the molecule is C=P(C)(O)OCC(CO)CCC(=O)CCN1C(=O)CC(CC)C1=O. The fourth-order valence-corrected chi connectivity index (χ4v) is 3.06. The molecule has 0 radical (unpaired) electrons. The number of imide groups is 1. The molecular formula is C16H28NO6P. The van der Waals surface area contributed by atoms with Crippen LogP contribution in [0.5, 0.6) is 0 Å². The van der Waals surface area contributed by atoms with Crippen molar-refractivity contribution in [2.45, 2.75) is 39.0 Å². The molecule has 7 nitrogen and oxygen atoms in total. The molecule has 0 spiro atoms. The van der Waals surface area contributed by atoms with E-state index in [1.165, 1.54) is 11.6 Å². The van der Waals surface area contributed by atoms with E-state index in [4.69, 9.17) is 4.52 Å². The van der Waals surface area contributed by atoms with Crippen LogP contribution in [0.3, 0.4) is 0 Å². The van der Waals surface area contributed by atoms with Gasteiger partial charge in [-0.3, -0.25) is 19.3 Å². The number of nitrogens with zero attached hydrogens (tertiary/aromatic N) is 1. The second-order valence-electron chi connectivity index (χ2n) is 6.42. The Labute approximate surface area is 143 Å². The minimum Gasteiger partial charge on any atom is -0.396 e. The minimum absolute atomic E-state index is 0.0646. The van der Waals surface area contributed by atoms with Gasteiger partial charge in [-0.1, -0.05) is 13.2 Å².